The van der Waals surface area contributed by atoms with Crippen LogP contribution in [-0.4, -0.2) is 85.1 Å². The van der Waals surface area contributed by atoms with Gasteiger partial charge in [0.1, 0.15) is 12.1 Å². The van der Waals surface area contributed by atoms with Crippen molar-refractivity contribution in [2.75, 3.05) is 47.6 Å². The third-order valence-corrected chi connectivity index (χ3v) is 3.02. The second kappa shape index (κ2) is 12.3. The van der Waals surface area contributed by atoms with Crippen molar-refractivity contribution >= 4 is 22.0 Å². The molecule has 0 rings (SSSR count). The summed E-state index contributed by atoms with van der Waals surface area (Å²) in [5.74, 6) is -1.44. The summed E-state index contributed by atoms with van der Waals surface area (Å²) >= 11 is 0. The predicted octanol–water partition coefficient (Wildman–Crippen LogP) is -2.82. The number of nitrogens with one attached hydrogen (secondary N) is 4. The number of hydrogen-bond acceptors (Lipinski definition) is 8. The second-order valence-electron chi connectivity index (χ2n) is 4.26. The average Bonchev–Trinajstić information content (AvgIpc) is 2.42. The Labute approximate surface area is 131 Å². The van der Waals surface area contributed by atoms with E-state index in [0.717, 1.165) is 6.26 Å². The van der Waals surface area contributed by atoms with Crippen LogP contribution >= 0.6 is 0 Å². The Morgan fingerprint density at radius 2 is 1.55 bits per heavy atom. The Morgan fingerprint density at radius 1 is 1.09 bits per heavy atom. The van der Waals surface area contributed by atoms with Crippen LogP contribution in [-0.2, 0) is 24.3 Å². The van der Waals surface area contributed by atoms with Crippen LogP contribution in [0.1, 0.15) is 0 Å². The highest BCUT2D eigenvalue weighted by atomic mass is 32.2. The maximum absolute atomic E-state index is 11.0. The minimum Gasteiger partial charge on any atom is -0.480 e. The van der Waals surface area contributed by atoms with Crippen molar-refractivity contribution in [2.24, 2.45) is 0 Å². The fraction of sp³-hybridized carbons (Fsp3) is 0.818. The summed E-state index contributed by atoms with van der Waals surface area (Å²) in [7, 11) is 2.76. The highest BCUT2D eigenvalue weighted by Crippen LogP contribution is 1.89. The summed E-state index contributed by atoms with van der Waals surface area (Å²) in [6.07, 6.45) is 0.985. The molecule has 0 aliphatic rings. The third kappa shape index (κ3) is 12.5. The monoisotopic (exact) mass is 342 g/mol. The van der Waals surface area contributed by atoms with Gasteiger partial charge in [-0.2, -0.15) is 4.72 Å². The van der Waals surface area contributed by atoms with E-state index in [0.29, 0.717) is 6.54 Å². The van der Waals surface area contributed by atoms with E-state index in [4.69, 9.17) is 5.11 Å². The van der Waals surface area contributed by atoms with Crippen molar-refractivity contribution < 1.29 is 27.9 Å². The van der Waals surface area contributed by atoms with Crippen molar-refractivity contribution in [3.63, 3.8) is 0 Å². The summed E-state index contributed by atoms with van der Waals surface area (Å²) in [6, 6.07) is -1.35. The molecule has 0 saturated carbocycles. The Hall–Kier alpha value is -1.27. The number of esters is 1. The zero-order valence-electron chi connectivity index (χ0n) is 13.5. The molecule has 5 N–H and O–H groups in total. The van der Waals surface area contributed by atoms with Crippen LogP contribution in [0.3, 0.4) is 0 Å². The highest BCUT2D eigenvalue weighted by Gasteiger charge is 2.21. The standard InChI is InChI=1S/C6H14N2O4S.C5H12N2O2/c1-7-4-5(6(9)12-2)8-13(3,10)11;1-6-3-4(7-2)5(8)9/h5,7-8H,4H2,1-3H3;4,6-7H,3H2,1-2H3,(H,8,9). The van der Waals surface area contributed by atoms with Gasteiger partial charge in [0.2, 0.25) is 10.0 Å². The summed E-state index contributed by atoms with van der Waals surface area (Å²) in [4.78, 5) is 21.2. The van der Waals surface area contributed by atoms with Gasteiger partial charge < -0.3 is 25.8 Å². The molecule has 0 bridgehead atoms. The Balaban J connectivity index is 0. The molecule has 0 aliphatic carbocycles. The van der Waals surface area contributed by atoms with Crippen LogP contribution in [0.2, 0.25) is 0 Å². The lowest BCUT2D eigenvalue weighted by molar-refractivity contribution is -0.142. The molecule has 0 aromatic heterocycles. The summed E-state index contributed by atoms with van der Waals surface area (Å²) in [5.41, 5.74) is 0. The Morgan fingerprint density at radius 3 is 1.77 bits per heavy atom. The molecule has 0 heterocycles. The van der Waals surface area contributed by atoms with Gasteiger partial charge in [-0.15, -0.1) is 0 Å². The van der Waals surface area contributed by atoms with Crippen molar-refractivity contribution in [1.29, 1.82) is 0 Å². The van der Waals surface area contributed by atoms with Gasteiger partial charge in [-0.3, -0.25) is 9.59 Å². The Bertz CT molecular complexity index is 428. The quantitative estimate of drug-likeness (QED) is 0.280. The molecule has 2 atom stereocenters. The van der Waals surface area contributed by atoms with E-state index in [1.807, 2.05) is 0 Å². The maximum Gasteiger partial charge on any atom is 0.325 e. The van der Waals surface area contributed by atoms with Crippen LogP contribution in [0.5, 0.6) is 0 Å². The van der Waals surface area contributed by atoms with E-state index in [-0.39, 0.29) is 6.54 Å². The zero-order valence-corrected chi connectivity index (χ0v) is 14.3. The molecule has 2 unspecified atom stereocenters. The molecule has 22 heavy (non-hydrogen) atoms. The molecule has 0 amide bonds. The van der Waals surface area contributed by atoms with Crippen LogP contribution in [0.25, 0.3) is 0 Å². The number of ether oxygens (including phenoxy) is 1. The summed E-state index contributed by atoms with van der Waals surface area (Å²) < 4.78 is 28.1. The number of sulfonamides is 1. The van der Waals surface area contributed by atoms with E-state index < -0.39 is 34.0 Å². The lowest BCUT2D eigenvalue weighted by Gasteiger charge is -2.13. The number of carbonyl (C=O) groups is 2. The molecule has 0 spiro atoms. The highest BCUT2D eigenvalue weighted by molar-refractivity contribution is 7.88. The fourth-order valence-corrected chi connectivity index (χ4v) is 1.99. The van der Waals surface area contributed by atoms with Crippen molar-refractivity contribution in [3.8, 4) is 0 Å². The number of carbonyl (C=O) groups excluding carboxylic acids is 1. The van der Waals surface area contributed by atoms with Crippen molar-refractivity contribution in [3.05, 3.63) is 0 Å². The molecule has 0 saturated heterocycles. The smallest absolute Gasteiger partial charge is 0.325 e. The first-order valence-electron chi connectivity index (χ1n) is 6.37. The molecule has 0 radical (unpaired) electrons. The number of likely N-dealkylation sites (N-methyl/N-ethyl adjacent to an activating group) is 3. The maximum atomic E-state index is 11.0. The number of hydrogen-bond donors (Lipinski definition) is 5. The first kappa shape index (κ1) is 23.0. The SMILES string of the molecule is CNCC(NC)C(=O)O.CNCC(NS(C)(=O)=O)C(=O)OC. The second-order valence-corrected chi connectivity index (χ2v) is 6.04. The van der Waals surface area contributed by atoms with Crippen molar-refractivity contribution in [1.82, 2.24) is 20.7 Å². The van der Waals surface area contributed by atoms with Crippen LogP contribution in [0.15, 0.2) is 0 Å². The van der Waals surface area contributed by atoms with Gasteiger partial charge >= 0.3 is 11.9 Å². The largest absolute Gasteiger partial charge is 0.480 e. The number of methoxy groups -OCH3 is 1. The normalized spacial score (nSPS) is 13.5. The van der Waals surface area contributed by atoms with E-state index in [1.165, 1.54) is 7.11 Å². The lowest BCUT2D eigenvalue weighted by Crippen LogP contribution is -2.46. The van der Waals surface area contributed by atoms with Gasteiger partial charge in [0, 0.05) is 13.1 Å². The first-order valence-corrected chi connectivity index (χ1v) is 8.26. The topological polar surface area (TPSA) is 146 Å². The molecule has 0 aromatic rings. The van der Waals surface area contributed by atoms with Gasteiger partial charge in [0.25, 0.3) is 0 Å². The van der Waals surface area contributed by atoms with E-state index >= 15 is 0 Å². The molecule has 0 aromatic carbocycles. The van der Waals surface area contributed by atoms with Crippen molar-refractivity contribution in [2.45, 2.75) is 12.1 Å². The minimum absolute atomic E-state index is 0.194. The molecule has 0 fully saturated rings. The van der Waals surface area contributed by atoms with E-state index in [1.54, 1.807) is 21.1 Å². The summed E-state index contributed by atoms with van der Waals surface area (Å²) in [6.45, 7) is 0.644. The van der Waals surface area contributed by atoms with E-state index in [2.05, 4.69) is 25.4 Å². The van der Waals surface area contributed by atoms with Gasteiger partial charge in [0.15, 0.2) is 0 Å². The molecule has 11 heteroatoms. The van der Waals surface area contributed by atoms with Gasteiger partial charge in [-0.1, -0.05) is 0 Å². The molecular weight excluding hydrogens is 316 g/mol. The van der Waals surface area contributed by atoms with Gasteiger partial charge in [-0.25, -0.2) is 8.42 Å². The molecule has 132 valence electrons. The molecule has 0 aliphatic heterocycles. The lowest BCUT2D eigenvalue weighted by atomic mass is 10.3. The number of aliphatic carboxylic acids is 1. The third-order valence-electron chi connectivity index (χ3n) is 2.31. The van der Waals surface area contributed by atoms with Crippen LogP contribution in [0.4, 0.5) is 0 Å². The number of carboxylic acid groups (broad SMARTS) is 1. The zero-order chi connectivity index (χ0) is 17.8. The number of carboxylic acids is 1. The average molecular weight is 342 g/mol. The number of rotatable bonds is 9. The van der Waals surface area contributed by atoms with Crippen LogP contribution in [0, 0.1) is 0 Å². The van der Waals surface area contributed by atoms with Gasteiger partial charge in [-0.05, 0) is 21.1 Å². The van der Waals surface area contributed by atoms with E-state index in [9.17, 15) is 18.0 Å². The van der Waals surface area contributed by atoms with Crippen LogP contribution < -0.4 is 20.7 Å². The van der Waals surface area contributed by atoms with Gasteiger partial charge in [0.05, 0.1) is 13.4 Å². The first-order chi connectivity index (χ1) is 10.1. The molecule has 10 nitrogen and oxygen atoms in total. The fourth-order valence-electron chi connectivity index (χ4n) is 1.29. The predicted molar refractivity (Wildman–Crippen MR) is 82.1 cm³/mol. The molecular formula is C11H26N4O6S. The summed E-state index contributed by atoms with van der Waals surface area (Å²) in [5, 5.41) is 16.5. The minimum atomic E-state index is -3.39. The Kier molecular flexibility index (Phi) is 12.9.